The van der Waals surface area contributed by atoms with Gasteiger partial charge in [0.1, 0.15) is 18.1 Å². The Bertz CT molecular complexity index is 1590. The standard InChI is InChI=1S/C34H45N7O2/c1-21-20-34(9,10)40(16-17-43-23-14-12-11-13-15-23)27-19-26(35-22(2)42)25(18-24(21)27)36-28-29(32(3,4)5)38-41-30(28)37-31(39-41)33(6,7)8/h11-15,18-19,21H,16-17,20H2,1-10H3,(H,35,42). The molecule has 1 amide bonds. The van der Waals surface area contributed by atoms with Crippen LogP contribution in [0.1, 0.15) is 98.8 Å². The molecule has 0 bridgehead atoms. The van der Waals surface area contributed by atoms with Crippen LogP contribution >= 0.6 is 0 Å². The number of fused-ring (bicyclic) bond motifs is 2. The zero-order chi connectivity index (χ0) is 31.3. The number of ether oxygens (including phenoxy) is 1. The molecule has 9 nitrogen and oxygen atoms in total. The van der Waals surface area contributed by atoms with Crippen molar-refractivity contribution in [3.05, 3.63) is 59.7 Å². The lowest BCUT2D eigenvalue weighted by Gasteiger charge is -2.47. The van der Waals surface area contributed by atoms with E-state index in [-0.39, 0.29) is 28.2 Å². The number of anilines is 2. The van der Waals surface area contributed by atoms with Crippen molar-refractivity contribution < 1.29 is 9.53 Å². The fourth-order valence-corrected chi connectivity index (χ4v) is 5.91. The molecule has 1 unspecified atom stereocenters. The van der Waals surface area contributed by atoms with Crippen molar-refractivity contribution in [2.45, 2.75) is 92.5 Å². The van der Waals surface area contributed by atoms with Crippen LogP contribution in [0.15, 0.2) is 52.6 Å². The fourth-order valence-electron chi connectivity index (χ4n) is 5.91. The van der Waals surface area contributed by atoms with Gasteiger partial charge in [-0.25, -0.2) is 9.98 Å². The molecule has 0 saturated heterocycles. The minimum absolute atomic E-state index is 0.106. The summed E-state index contributed by atoms with van der Waals surface area (Å²) in [4.78, 5) is 26.6. The first kappa shape index (κ1) is 30.4. The van der Waals surface area contributed by atoms with Gasteiger partial charge in [0.05, 0.1) is 23.6 Å². The highest BCUT2D eigenvalue weighted by Crippen LogP contribution is 2.47. The van der Waals surface area contributed by atoms with Gasteiger partial charge in [-0.1, -0.05) is 66.7 Å². The van der Waals surface area contributed by atoms with Crippen molar-refractivity contribution >= 4 is 34.4 Å². The van der Waals surface area contributed by atoms with E-state index in [1.165, 1.54) is 12.5 Å². The van der Waals surface area contributed by atoms with Crippen LogP contribution in [0.2, 0.25) is 0 Å². The Labute approximate surface area is 255 Å². The first-order valence-electron chi connectivity index (χ1n) is 15.1. The number of carbonyl (C=O) groups is 1. The average molecular weight is 584 g/mol. The largest absolute Gasteiger partial charge is 0.492 e. The number of hydrogen-bond donors (Lipinski definition) is 1. The number of benzene rings is 2. The molecule has 0 saturated carbocycles. The Morgan fingerprint density at radius 3 is 2.42 bits per heavy atom. The van der Waals surface area contributed by atoms with Crippen LogP contribution in [-0.2, 0) is 10.2 Å². The summed E-state index contributed by atoms with van der Waals surface area (Å²) >= 11 is 0. The van der Waals surface area contributed by atoms with E-state index in [1.807, 2.05) is 30.3 Å². The number of aliphatic imine (C=N–C) groups is 1. The zero-order valence-corrected chi connectivity index (χ0v) is 27.2. The second-order valence-corrected chi connectivity index (χ2v) is 14.4. The third kappa shape index (κ3) is 6.21. The molecule has 1 N–H and O–H groups in total. The van der Waals surface area contributed by atoms with Crippen LogP contribution in [0.5, 0.6) is 5.75 Å². The normalized spacial score (nSPS) is 18.7. The lowest BCUT2D eigenvalue weighted by Crippen LogP contribution is -2.50. The molecule has 1 aromatic heterocycles. The molecule has 43 heavy (non-hydrogen) atoms. The number of aromatic nitrogens is 3. The third-order valence-electron chi connectivity index (χ3n) is 7.98. The summed E-state index contributed by atoms with van der Waals surface area (Å²) in [6.07, 6.45) is 0.971. The Balaban J connectivity index is 1.60. The van der Waals surface area contributed by atoms with Crippen molar-refractivity contribution in [2.75, 3.05) is 23.4 Å². The predicted molar refractivity (Wildman–Crippen MR) is 174 cm³/mol. The van der Waals surface area contributed by atoms with E-state index in [4.69, 9.17) is 24.9 Å². The van der Waals surface area contributed by atoms with Crippen LogP contribution in [0.3, 0.4) is 0 Å². The highest BCUT2D eigenvalue weighted by atomic mass is 16.5. The minimum atomic E-state index is -0.293. The maximum Gasteiger partial charge on any atom is 0.221 e. The first-order chi connectivity index (χ1) is 20.0. The monoisotopic (exact) mass is 583 g/mol. The Kier molecular flexibility index (Phi) is 7.73. The Morgan fingerprint density at radius 2 is 1.79 bits per heavy atom. The van der Waals surface area contributed by atoms with E-state index < -0.39 is 0 Å². The van der Waals surface area contributed by atoms with Crippen molar-refractivity contribution in [3.63, 3.8) is 0 Å². The van der Waals surface area contributed by atoms with Gasteiger partial charge in [0, 0.05) is 29.0 Å². The number of hydrogen-bond acceptors (Lipinski definition) is 7. The zero-order valence-electron chi connectivity index (χ0n) is 27.2. The number of nitrogens with one attached hydrogen (secondary N) is 1. The van der Waals surface area contributed by atoms with Crippen molar-refractivity contribution in [1.29, 1.82) is 0 Å². The summed E-state index contributed by atoms with van der Waals surface area (Å²) in [5.41, 5.74) is 4.47. The van der Waals surface area contributed by atoms with Gasteiger partial charge in [0.25, 0.3) is 0 Å². The second-order valence-electron chi connectivity index (χ2n) is 14.4. The van der Waals surface area contributed by atoms with Gasteiger partial charge < -0.3 is 15.0 Å². The lowest BCUT2D eigenvalue weighted by atomic mass is 9.79. The quantitative estimate of drug-likeness (QED) is 0.334. The molecular weight excluding hydrogens is 538 g/mol. The van der Waals surface area contributed by atoms with Gasteiger partial charge in [-0.05, 0) is 56.0 Å². The molecule has 0 aliphatic carbocycles. The van der Waals surface area contributed by atoms with E-state index >= 15 is 0 Å². The molecule has 0 fully saturated rings. The minimum Gasteiger partial charge on any atom is -0.492 e. The molecule has 3 aromatic rings. The van der Waals surface area contributed by atoms with E-state index in [9.17, 15) is 4.79 Å². The molecule has 2 aliphatic heterocycles. The molecule has 3 heterocycles. The van der Waals surface area contributed by atoms with Gasteiger partial charge in [-0.2, -0.15) is 5.10 Å². The van der Waals surface area contributed by atoms with Crippen molar-refractivity contribution in [2.24, 2.45) is 15.5 Å². The smallest absolute Gasteiger partial charge is 0.221 e. The molecule has 228 valence electrons. The van der Waals surface area contributed by atoms with Crippen LogP contribution in [0.4, 0.5) is 17.1 Å². The van der Waals surface area contributed by atoms with Crippen LogP contribution in [0.25, 0.3) is 0 Å². The van der Waals surface area contributed by atoms with Crippen LogP contribution < -0.4 is 15.0 Å². The van der Waals surface area contributed by atoms with Crippen molar-refractivity contribution in [3.8, 4) is 5.75 Å². The number of para-hydroxylation sites is 1. The average Bonchev–Trinajstić information content (AvgIpc) is 3.46. The first-order valence-corrected chi connectivity index (χ1v) is 15.1. The Hall–Kier alpha value is -4.01. The molecule has 0 spiro atoms. The summed E-state index contributed by atoms with van der Waals surface area (Å²) in [5.74, 6) is 2.32. The molecule has 2 aromatic carbocycles. The molecule has 2 aliphatic rings. The molecule has 0 radical (unpaired) electrons. The molecular formula is C34H45N7O2. The molecule has 5 rings (SSSR count). The fraction of sp³-hybridized carbons (Fsp3) is 0.500. The summed E-state index contributed by atoms with van der Waals surface area (Å²) in [5, 5.41) is 12.6. The van der Waals surface area contributed by atoms with E-state index in [2.05, 4.69) is 84.7 Å². The van der Waals surface area contributed by atoms with Gasteiger partial charge in [0.2, 0.25) is 11.7 Å². The van der Waals surface area contributed by atoms with Crippen LogP contribution in [-0.4, -0.2) is 50.9 Å². The second kappa shape index (κ2) is 10.9. The van der Waals surface area contributed by atoms with Crippen molar-refractivity contribution in [1.82, 2.24) is 14.9 Å². The number of rotatable bonds is 6. The number of carbonyl (C=O) groups excluding carboxylic acids is 1. The summed E-state index contributed by atoms with van der Waals surface area (Å²) in [6.45, 7) is 22.2. The van der Waals surface area contributed by atoms with Gasteiger partial charge in [-0.3, -0.25) is 4.79 Å². The summed E-state index contributed by atoms with van der Waals surface area (Å²) < 4.78 is 6.09. The maximum atomic E-state index is 12.5. The lowest BCUT2D eigenvalue weighted by molar-refractivity contribution is -0.114. The predicted octanol–water partition coefficient (Wildman–Crippen LogP) is 7.09. The number of nitrogens with zero attached hydrogens (tertiary/aromatic N) is 6. The van der Waals surface area contributed by atoms with Gasteiger partial charge in [0.15, 0.2) is 5.82 Å². The van der Waals surface area contributed by atoms with Gasteiger partial charge in [-0.15, -0.1) is 9.89 Å². The topological polar surface area (TPSA) is 97.0 Å². The van der Waals surface area contributed by atoms with Gasteiger partial charge >= 0.3 is 0 Å². The highest BCUT2D eigenvalue weighted by Gasteiger charge is 2.39. The highest BCUT2D eigenvalue weighted by molar-refractivity contribution is 6.50. The summed E-state index contributed by atoms with van der Waals surface area (Å²) in [6, 6.07) is 14.1. The van der Waals surface area contributed by atoms with E-state index in [0.29, 0.717) is 41.9 Å². The third-order valence-corrected chi connectivity index (χ3v) is 7.98. The van der Waals surface area contributed by atoms with E-state index in [0.717, 1.165) is 23.6 Å². The van der Waals surface area contributed by atoms with E-state index in [1.54, 1.807) is 4.79 Å². The Morgan fingerprint density at radius 1 is 1.09 bits per heavy atom. The summed E-state index contributed by atoms with van der Waals surface area (Å²) in [7, 11) is 0. The maximum absolute atomic E-state index is 12.5. The van der Waals surface area contributed by atoms with Crippen LogP contribution in [0, 0.1) is 5.41 Å². The molecule has 9 heteroatoms. The SMILES string of the molecule is CC(=O)Nc1cc2c(cc1N=C1C(C(C)(C)C)=Nn3nc(C(C)(C)C)nc31)C(C)CC(C)(C)N2CCOc1ccccc1. The molecule has 1 atom stereocenters. The number of amides is 1.